The van der Waals surface area contributed by atoms with Crippen molar-refractivity contribution in [3.8, 4) is 11.6 Å². The molecule has 0 bridgehead atoms. The maximum Gasteiger partial charge on any atom is 0.223 e. The number of aryl methyl sites for hydroxylation is 1. The number of benzene rings is 2. The fraction of sp³-hybridized carbons (Fsp3) is 0.158. The minimum atomic E-state index is -0.624. The lowest BCUT2D eigenvalue weighted by Gasteiger charge is -2.09. The molecule has 0 saturated carbocycles. The lowest BCUT2D eigenvalue weighted by molar-refractivity contribution is 0.421. The Morgan fingerprint density at radius 2 is 1.77 bits per heavy atom. The van der Waals surface area contributed by atoms with Crippen molar-refractivity contribution < 1.29 is 17.9 Å². The molecule has 3 aromatic rings. The van der Waals surface area contributed by atoms with E-state index >= 15 is 0 Å². The summed E-state index contributed by atoms with van der Waals surface area (Å²) in [7, 11) is 0. The minimum absolute atomic E-state index is 0.0637. The molecule has 2 aromatic carbocycles. The molecule has 1 heterocycles. The summed E-state index contributed by atoms with van der Waals surface area (Å²) in [5, 5.41) is 0.374. The zero-order chi connectivity index (χ0) is 18.5. The Morgan fingerprint density at radius 1 is 0.962 bits per heavy atom. The molecule has 0 atom stereocenters. The molecule has 0 N–H and O–H groups in total. The lowest BCUT2D eigenvalue weighted by atomic mass is 10.2. The van der Waals surface area contributed by atoms with E-state index in [-0.39, 0.29) is 17.4 Å². The normalized spacial score (nSPS) is 10.8. The van der Waals surface area contributed by atoms with E-state index in [0.29, 0.717) is 22.8 Å². The van der Waals surface area contributed by atoms with Crippen molar-refractivity contribution in [2.75, 3.05) is 0 Å². The Balaban J connectivity index is 1.80. The van der Waals surface area contributed by atoms with Crippen LogP contribution in [-0.2, 0) is 12.2 Å². The second kappa shape index (κ2) is 8.23. The maximum atomic E-state index is 13.8. The van der Waals surface area contributed by atoms with Crippen LogP contribution >= 0.6 is 11.8 Å². The highest BCUT2D eigenvalue weighted by molar-refractivity contribution is 7.98. The number of rotatable bonds is 6. The molecule has 26 heavy (non-hydrogen) atoms. The summed E-state index contributed by atoms with van der Waals surface area (Å²) >= 11 is 1.19. The molecule has 134 valence electrons. The number of halogens is 3. The Bertz CT molecular complexity index is 921. The quantitative estimate of drug-likeness (QED) is 0.418. The van der Waals surface area contributed by atoms with E-state index in [1.54, 1.807) is 18.2 Å². The predicted octanol–water partition coefficient (Wildman–Crippen LogP) is 5.54. The Morgan fingerprint density at radius 3 is 2.50 bits per heavy atom. The van der Waals surface area contributed by atoms with Gasteiger partial charge in [-0.05, 0) is 30.2 Å². The molecule has 0 aliphatic rings. The van der Waals surface area contributed by atoms with Crippen LogP contribution in [0.5, 0.6) is 11.6 Å². The monoisotopic (exact) mass is 376 g/mol. The zero-order valence-electron chi connectivity index (χ0n) is 13.9. The van der Waals surface area contributed by atoms with Gasteiger partial charge in [-0.15, -0.1) is 0 Å². The fourth-order valence-corrected chi connectivity index (χ4v) is 3.02. The Hall–Kier alpha value is -2.54. The predicted molar refractivity (Wildman–Crippen MR) is 93.8 cm³/mol. The van der Waals surface area contributed by atoms with Crippen LogP contribution in [0, 0.1) is 17.5 Å². The highest BCUT2D eigenvalue weighted by Crippen LogP contribution is 2.27. The number of hydrogen-bond donors (Lipinski definition) is 0. The van der Waals surface area contributed by atoms with Crippen LogP contribution in [0.2, 0.25) is 0 Å². The summed E-state index contributed by atoms with van der Waals surface area (Å²) in [6, 6.07) is 11.1. The van der Waals surface area contributed by atoms with E-state index in [4.69, 9.17) is 4.74 Å². The van der Waals surface area contributed by atoms with E-state index in [0.717, 1.165) is 6.07 Å². The van der Waals surface area contributed by atoms with E-state index in [9.17, 15) is 13.2 Å². The number of hydrogen-bond acceptors (Lipinski definition) is 4. The van der Waals surface area contributed by atoms with Crippen molar-refractivity contribution in [3.05, 3.63) is 77.2 Å². The molecule has 0 aliphatic carbocycles. The van der Waals surface area contributed by atoms with E-state index in [2.05, 4.69) is 9.97 Å². The van der Waals surface area contributed by atoms with Gasteiger partial charge in [0.15, 0.2) is 16.7 Å². The second-order valence-electron chi connectivity index (χ2n) is 5.39. The van der Waals surface area contributed by atoms with Gasteiger partial charge in [0.1, 0.15) is 11.6 Å². The van der Waals surface area contributed by atoms with E-state index < -0.39 is 17.5 Å². The first-order chi connectivity index (χ1) is 12.5. The highest BCUT2D eigenvalue weighted by atomic mass is 32.2. The molecule has 0 fully saturated rings. The summed E-state index contributed by atoms with van der Waals surface area (Å²) < 4.78 is 46.0. The third-order valence-electron chi connectivity index (χ3n) is 3.52. The summed E-state index contributed by atoms with van der Waals surface area (Å²) in [6.07, 6.45) is 0.634. The molecule has 0 spiro atoms. The van der Waals surface area contributed by atoms with Crippen molar-refractivity contribution >= 4 is 11.8 Å². The van der Waals surface area contributed by atoms with Crippen LogP contribution < -0.4 is 4.74 Å². The van der Waals surface area contributed by atoms with Gasteiger partial charge in [-0.25, -0.2) is 18.2 Å². The molecule has 3 nitrogen and oxygen atoms in total. The number of aromatic nitrogens is 2. The van der Waals surface area contributed by atoms with Gasteiger partial charge in [-0.2, -0.15) is 4.98 Å². The smallest absolute Gasteiger partial charge is 0.223 e. The topological polar surface area (TPSA) is 35.0 Å². The Labute approximate surface area is 153 Å². The third-order valence-corrected chi connectivity index (χ3v) is 4.42. The van der Waals surface area contributed by atoms with E-state index in [1.807, 2.05) is 6.92 Å². The van der Waals surface area contributed by atoms with Crippen LogP contribution in [0.1, 0.15) is 18.2 Å². The van der Waals surface area contributed by atoms with Gasteiger partial charge in [0.25, 0.3) is 0 Å². The van der Waals surface area contributed by atoms with Gasteiger partial charge in [0.2, 0.25) is 5.88 Å². The van der Waals surface area contributed by atoms with Gasteiger partial charge >= 0.3 is 0 Å². The first-order valence-corrected chi connectivity index (χ1v) is 8.90. The molecule has 0 saturated heterocycles. The molecule has 0 unspecified atom stereocenters. The second-order valence-corrected chi connectivity index (χ2v) is 6.33. The molecular weight excluding hydrogens is 361 g/mol. The summed E-state index contributed by atoms with van der Waals surface area (Å²) in [6.45, 7) is 1.92. The van der Waals surface area contributed by atoms with Crippen molar-refractivity contribution in [1.82, 2.24) is 9.97 Å². The van der Waals surface area contributed by atoms with Crippen molar-refractivity contribution in [2.45, 2.75) is 24.3 Å². The van der Waals surface area contributed by atoms with E-state index in [1.165, 1.54) is 36.0 Å². The molecule has 0 amide bonds. The van der Waals surface area contributed by atoms with Crippen LogP contribution in [0.4, 0.5) is 13.2 Å². The van der Waals surface area contributed by atoms with Crippen LogP contribution in [0.25, 0.3) is 0 Å². The van der Waals surface area contributed by atoms with Gasteiger partial charge in [-0.1, -0.05) is 36.9 Å². The zero-order valence-corrected chi connectivity index (χ0v) is 14.7. The largest absolute Gasteiger partial charge is 0.436 e. The van der Waals surface area contributed by atoms with Crippen LogP contribution in [-0.4, -0.2) is 9.97 Å². The summed E-state index contributed by atoms with van der Waals surface area (Å²) in [5.74, 6) is -1.23. The summed E-state index contributed by atoms with van der Waals surface area (Å²) in [4.78, 5) is 8.61. The fourth-order valence-electron chi connectivity index (χ4n) is 2.17. The standard InChI is InChI=1S/C19H15F3N2OS/c1-2-14-10-18(25-17-6-4-3-5-15(17)21)24-19(23-14)26-11-12-7-8-13(20)9-16(12)22/h3-10H,2,11H2,1H3. The molecule has 0 aliphatic heterocycles. The van der Waals surface area contributed by atoms with Gasteiger partial charge in [0.05, 0.1) is 0 Å². The van der Waals surface area contributed by atoms with Crippen LogP contribution in [0.15, 0.2) is 53.7 Å². The molecule has 0 radical (unpaired) electrons. The maximum absolute atomic E-state index is 13.8. The average molecular weight is 376 g/mol. The number of para-hydroxylation sites is 1. The minimum Gasteiger partial charge on any atom is -0.436 e. The van der Waals surface area contributed by atoms with Crippen molar-refractivity contribution in [3.63, 3.8) is 0 Å². The van der Waals surface area contributed by atoms with Gasteiger partial charge in [0, 0.05) is 23.6 Å². The number of thioether (sulfide) groups is 1. The van der Waals surface area contributed by atoms with Gasteiger partial charge < -0.3 is 4.74 Å². The highest BCUT2D eigenvalue weighted by Gasteiger charge is 2.11. The van der Waals surface area contributed by atoms with Crippen molar-refractivity contribution in [1.29, 1.82) is 0 Å². The molecule has 3 rings (SSSR count). The third kappa shape index (κ3) is 4.54. The summed E-state index contributed by atoms with van der Waals surface area (Å²) in [5.41, 5.74) is 1.06. The first-order valence-electron chi connectivity index (χ1n) is 7.92. The molecular formula is C19H15F3N2OS. The molecule has 7 heteroatoms. The lowest BCUT2D eigenvalue weighted by Crippen LogP contribution is -1.98. The van der Waals surface area contributed by atoms with Crippen LogP contribution in [0.3, 0.4) is 0 Å². The Kier molecular flexibility index (Phi) is 5.78. The van der Waals surface area contributed by atoms with Gasteiger partial charge in [-0.3, -0.25) is 0 Å². The van der Waals surface area contributed by atoms with Crippen molar-refractivity contribution in [2.24, 2.45) is 0 Å². The average Bonchev–Trinajstić information content (AvgIpc) is 2.63. The first kappa shape index (κ1) is 18.3. The SMILES string of the molecule is CCc1cc(Oc2ccccc2F)nc(SCc2ccc(F)cc2F)n1. The number of ether oxygens (including phenoxy) is 1. The molecule has 1 aromatic heterocycles. The number of nitrogens with zero attached hydrogens (tertiary/aromatic N) is 2.